The molecule has 0 radical (unpaired) electrons. The highest BCUT2D eigenvalue weighted by Crippen LogP contribution is 2.48. The molecule has 3 rings (SSSR count). The molecule has 0 amide bonds. The number of benzene rings is 2. The molecule has 3 atom stereocenters. The SMILES string of the molecule is COc1ccc([C@@H]2C(C(C)=O)=C(Nc3ccc(Br)cc3)C[C@](C)(O)[C@@H]2C(C)=O)cc1. The minimum absolute atomic E-state index is 0.128. The van der Waals surface area contributed by atoms with Gasteiger partial charge in [0.1, 0.15) is 11.5 Å². The maximum atomic E-state index is 12.8. The summed E-state index contributed by atoms with van der Waals surface area (Å²) in [6.45, 7) is 4.64. The summed E-state index contributed by atoms with van der Waals surface area (Å²) in [6, 6.07) is 14.9. The summed E-state index contributed by atoms with van der Waals surface area (Å²) in [6.07, 6.45) is 0.175. The lowest BCUT2D eigenvalue weighted by Gasteiger charge is -2.43. The van der Waals surface area contributed by atoms with Gasteiger partial charge in [0.2, 0.25) is 0 Å². The van der Waals surface area contributed by atoms with Gasteiger partial charge in [-0.3, -0.25) is 9.59 Å². The number of ketones is 2. The van der Waals surface area contributed by atoms with Gasteiger partial charge in [0.05, 0.1) is 18.6 Å². The second-order valence-corrected chi connectivity index (χ2v) is 8.87. The molecule has 0 fully saturated rings. The van der Waals surface area contributed by atoms with Crippen LogP contribution in [0.4, 0.5) is 5.69 Å². The Labute approximate surface area is 185 Å². The smallest absolute Gasteiger partial charge is 0.158 e. The van der Waals surface area contributed by atoms with Crippen LogP contribution in [0.25, 0.3) is 0 Å². The molecular formula is C24H26BrNO4. The zero-order chi connectivity index (χ0) is 22.1. The van der Waals surface area contributed by atoms with Crippen LogP contribution in [0.5, 0.6) is 5.75 Å². The molecule has 2 N–H and O–H groups in total. The van der Waals surface area contributed by atoms with Crippen LogP contribution in [-0.4, -0.2) is 29.4 Å². The van der Waals surface area contributed by atoms with Crippen LogP contribution < -0.4 is 10.1 Å². The molecule has 158 valence electrons. The third-order valence-electron chi connectivity index (χ3n) is 5.61. The number of anilines is 1. The summed E-state index contributed by atoms with van der Waals surface area (Å²) in [5.74, 6) is -0.894. The van der Waals surface area contributed by atoms with Gasteiger partial charge in [-0.1, -0.05) is 28.1 Å². The van der Waals surface area contributed by atoms with E-state index in [9.17, 15) is 14.7 Å². The van der Waals surface area contributed by atoms with E-state index in [2.05, 4.69) is 21.2 Å². The molecule has 0 saturated carbocycles. The number of methoxy groups -OCH3 is 1. The number of carbonyl (C=O) groups is 2. The minimum atomic E-state index is -1.31. The summed E-state index contributed by atoms with van der Waals surface area (Å²) in [4.78, 5) is 25.5. The molecule has 0 aliphatic heterocycles. The van der Waals surface area contributed by atoms with E-state index >= 15 is 0 Å². The van der Waals surface area contributed by atoms with E-state index in [0.717, 1.165) is 15.7 Å². The molecule has 0 saturated heterocycles. The van der Waals surface area contributed by atoms with E-state index in [4.69, 9.17) is 4.74 Å². The first-order chi connectivity index (χ1) is 14.1. The Kier molecular flexibility index (Phi) is 6.48. The van der Waals surface area contributed by atoms with Crippen LogP contribution in [0, 0.1) is 5.92 Å². The Bertz CT molecular complexity index is 977. The van der Waals surface area contributed by atoms with Crippen molar-refractivity contribution in [1.29, 1.82) is 0 Å². The third-order valence-corrected chi connectivity index (χ3v) is 6.13. The van der Waals surface area contributed by atoms with Gasteiger partial charge in [-0.2, -0.15) is 0 Å². The molecule has 1 aliphatic rings. The van der Waals surface area contributed by atoms with Crippen molar-refractivity contribution in [3.63, 3.8) is 0 Å². The molecule has 2 aromatic carbocycles. The number of hydrogen-bond donors (Lipinski definition) is 2. The second-order valence-electron chi connectivity index (χ2n) is 7.95. The molecule has 30 heavy (non-hydrogen) atoms. The van der Waals surface area contributed by atoms with Crippen LogP contribution in [0.2, 0.25) is 0 Å². The topological polar surface area (TPSA) is 75.6 Å². The van der Waals surface area contributed by atoms with Crippen LogP contribution in [0.1, 0.15) is 38.7 Å². The summed E-state index contributed by atoms with van der Waals surface area (Å²) in [7, 11) is 1.58. The lowest BCUT2D eigenvalue weighted by atomic mass is 9.64. The van der Waals surface area contributed by atoms with E-state index < -0.39 is 17.4 Å². The number of carbonyl (C=O) groups excluding carboxylic acids is 2. The summed E-state index contributed by atoms with van der Waals surface area (Å²) < 4.78 is 6.19. The third kappa shape index (κ3) is 4.50. The number of nitrogens with one attached hydrogen (secondary N) is 1. The van der Waals surface area contributed by atoms with Crippen molar-refractivity contribution in [2.45, 2.75) is 38.7 Å². The largest absolute Gasteiger partial charge is 0.497 e. The zero-order valence-electron chi connectivity index (χ0n) is 17.5. The quantitative estimate of drug-likeness (QED) is 0.629. The number of ether oxygens (including phenoxy) is 1. The number of Topliss-reactive ketones (excluding diaryl/α,β-unsaturated/α-hetero) is 2. The number of halogens is 1. The van der Waals surface area contributed by atoms with Crippen LogP contribution in [0.3, 0.4) is 0 Å². The van der Waals surface area contributed by atoms with E-state index in [1.807, 2.05) is 36.4 Å². The predicted octanol–water partition coefficient (Wildman–Crippen LogP) is 4.86. The highest BCUT2D eigenvalue weighted by molar-refractivity contribution is 9.10. The number of aliphatic hydroxyl groups is 1. The van der Waals surface area contributed by atoms with Crippen molar-refractivity contribution in [2.24, 2.45) is 5.92 Å². The molecule has 6 heteroatoms. The van der Waals surface area contributed by atoms with E-state index in [0.29, 0.717) is 17.0 Å². The highest BCUT2D eigenvalue weighted by atomic mass is 79.9. The molecule has 2 aromatic rings. The molecule has 1 aliphatic carbocycles. The number of hydrogen-bond acceptors (Lipinski definition) is 5. The van der Waals surface area contributed by atoms with Crippen molar-refractivity contribution >= 4 is 33.2 Å². The van der Waals surface area contributed by atoms with E-state index in [1.54, 1.807) is 26.2 Å². The molecule has 0 unspecified atom stereocenters. The van der Waals surface area contributed by atoms with Gasteiger partial charge in [-0.25, -0.2) is 0 Å². The van der Waals surface area contributed by atoms with E-state index in [-0.39, 0.29) is 18.0 Å². The Hall–Kier alpha value is -2.44. The van der Waals surface area contributed by atoms with Gasteiger partial charge < -0.3 is 15.2 Å². The molecule has 5 nitrogen and oxygen atoms in total. The second kappa shape index (κ2) is 8.74. The lowest BCUT2D eigenvalue weighted by molar-refractivity contribution is -0.131. The standard InChI is InChI=1S/C24H26BrNO4/c1-14(27)21-20(26-18-9-7-17(25)8-10-18)13-24(3,29)23(15(2)28)22(21)16-5-11-19(30-4)12-6-16/h5-12,22-23,26,29H,13H2,1-4H3/t22-,23-,24+/m1/s1. The first-order valence-corrected chi connectivity index (χ1v) is 10.6. The maximum Gasteiger partial charge on any atom is 0.158 e. The van der Waals surface area contributed by atoms with Crippen LogP contribution in [-0.2, 0) is 9.59 Å². The average Bonchev–Trinajstić information content (AvgIpc) is 2.68. The van der Waals surface area contributed by atoms with Crippen molar-refractivity contribution < 1.29 is 19.4 Å². The number of rotatable bonds is 6. The Morgan fingerprint density at radius 1 is 1.10 bits per heavy atom. The van der Waals surface area contributed by atoms with Gasteiger partial charge >= 0.3 is 0 Å². The highest BCUT2D eigenvalue weighted by Gasteiger charge is 2.49. The van der Waals surface area contributed by atoms with Gasteiger partial charge in [-0.05, 0) is 62.7 Å². The molecule has 0 bridgehead atoms. The Morgan fingerprint density at radius 2 is 1.70 bits per heavy atom. The fourth-order valence-corrected chi connectivity index (χ4v) is 4.63. The van der Waals surface area contributed by atoms with Crippen molar-refractivity contribution in [3.05, 3.63) is 69.8 Å². The number of allylic oxidation sites excluding steroid dienone is 1. The van der Waals surface area contributed by atoms with Crippen LogP contribution in [0.15, 0.2) is 64.3 Å². The van der Waals surface area contributed by atoms with Crippen molar-refractivity contribution in [3.8, 4) is 5.75 Å². The fraction of sp³-hybridized carbons (Fsp3) is 0.333. The Morgan fingerprint density at radius 3 is 2.20 bits per heavy atom. The van der Waals surface area contributed by atoms with Gasteiger partial charge in [0.15, 0.2) is 5.78 Å². The lowest BCUT2D eigenvalue weighted by Crippen LogP contribution is -2.48. The van der Waals surface area contributed by atoms with Crippen molar-refractivity contribution in [2.75, 3.05) is 12.4 Å². The summed E-state index contributed by atoms with van der Waals surface area (Å²) in [5, 5.41) is 14.6. The molecule has 0 aromatic heterocycles. The normalized spacial score (nSPS) is 23.8. The van der Waals surface area contributed by atoms with Crippen molar-refractivity contribution in [1.82, 2.24) is 0 Å². The van der Waals surface area contributed by atoms with Crippen LogP contribution >= 0.6 is 15.9 Å². The maximum absolute atomic E-state index is 12.8. The van der Waals surface area contributed by atoms with Gasteiger partial charge in [-0.15, -0.1) is 0 Å². The first-order valence-electron chi connectivity index (χ1n) is 9.77. The molecule has 0 heterocycles. The Balaban J connectivity index is 2.18. The van der Waals surface area contributed by atoms with Gasteiger partial charge in [0, 0.05) is 33.8 Å². The fourth-order valence-electron chi connectivity index (χ4n) is 4.37. The van der Waals surface area contributed by atoms with Gasteiger partial charge in [0.25, 0.3) is 0 Å². The predicted molar refractivity (Wildman–Crippen MR) is 121 cm³/mol. The first kappa shape index (κ1) is 22.2. The van der Waals surface area contributed by atoms with E-state index in [1.165, 1.54) is 13.8 Å². The summed E-state index contributed by atoms with van der Waals surface area (Å²) in [5.41, 5.74) is 1.43. The average molecular weight is 472 g/mol. The minimum Gasteiger partial charge on any atom is -0.497 e. The molecule has 0 spiro atoms. The monoisotopic (exact) mass is 471 g/mol. The molecular weight excluding hydrogens is 446 g/mol. The summed E-state index contributed by atoms with van der Waals surface area (Å²) >= 11 is 3.42. The zero-order valence-corrected chi connectivity index (χ0v) is 19.1.